The van der Waals surface area contributed by atoms with Gasteiger partial charge in [0.25, 0.3) is 0 Å². The maximum atomic E-state index is 9.82. The van der Waals surface area contributed by atoms with Crippen molar-refractivity contribution >= 4 is 0 Å². The molecule has 0 amide bonds. The van der Waals surface area contributed by atoms with Crippen LogP contribution in [0.25, 0.3) is 10.4 Å². The van der Waals surface area contributed by atoms with Gasteiger partial charge in [-0.25, -0.2) is 0 Å². The molecular formula is C10H17N3O4. The van der Waals surface area contributed by atoms with Crippen LogP contribution in [-0.2, 0) is 14.2 Å². The van der Waals surface area contributed by atoms with Crippen LogP contribution in [-0.4, -0.2) is 41.5 Å². The normalized spacial score (nSPS) is 40.7. The Hall–Kier alpha value is -0.850. The number of nitrogens with zero attached hydrogens (tertiary/aromatic N) is 3. The van der Waals surface area contributed by atoms with E-state index in [9.17, 15) is 5.11 Å². The fraction of sp³-hybridized carbons (Fsp3) is 1.00. The lowest BCUT2D eigenvalue weighted by Crippen LogP contribution is -2.39. The molecule has 17 heavy (non-hydrogen) atoms. The second kappa shape index (κ2) is 4.44. The van der Waals surface area contributed by atoms with Crippen molar-refractivity contribution in [2.75, 3.05) is 0 Å². The molecule has 0 spiro atoms. The highest BCUT2D eigenvalue weighted by atomic mass is 16.8. The van der Waals surface area contributed by atoms with E-state index in [0.717, 1.165) is 0 Å². The Morgan fingerprint density at radius 3 is 2.76 bits per heavy atom. The zero-order valence-corrected chi connectivity index (χ0v) is 10.1. The summed E-state index contributed by atoms with van der Waals surface area (Å²) in [6, 6.07) is -0.554. The van der Waals surface area contributed by atoms with Crippen LogP contribution in [0.5, 0.6) is 0 Å². The van der Waals surface area contributed by atoms with Crippen molar-refractivity contribution in [3.63, 3.8) is 0 Å². The van der Waals surface area contributed by atoms with Gasteiger partial charge in [-0.2, -0.15) is 0 Å². The van der Waals surface area contributed by atoms with E-state index in [1.165, 1.54) is 0 Å². The van der Waals surface area contributed by atoms with E-state index in [1.54, 1.807) is 13.8 Å². The highest BCUT2D eigenvalue weighted by Crippen LogP contribution is 2.39. The van der Waals surface area contributed by atoms with Crippen molar-refractivity contribution < 1.29 is 19.3 Å². The highest BCUT2D eigenvalue weighted by molar-refractivity contribution is 5.00. The van der Waals surface area contributed by atoms with Gasteiger partial charge in [-0.3, -0.25) is 0 Å². The zero-order valence-electron chi connectivity index (χ0n) is 10.1. The molecule has 0 radical (unpaired) electrons. The third kappa shape index (κ3) is 2.25. The highest BCUT2D eigenvalue weighted by Gasteiger charge is 2.55. The van der Waals surface area contributed by atoms with Crippen LogP contribution in [0.4, 0.5) is 0 Å². The lowest BCUT2D eigenvalue weighted by Gasteiger charge is -2.25. The minimum atomic E-state index is -0.749. The first kappa shape index (κ1) is 12.6. The summed E-state index contributed by atoms with van der Waals surface area (Å²) in [5, 5.41) is 13.5. The van der Waals surface area contributed by atoms with Crippen LogP contribution in [0.2, 0.25) is 0 Å². The molecule has 2 saturated heterocycles. The molecule has 0 aliphatic carbocycles. The first-order chi connectivity index (χ1) is 7.98. The number of rotatable bonds is 3. The van der Waals surface area contributed by atoms with Crippen LogP contribution in [0.1, 0.15) is 27.2 Å². The number of fused-ring (bicyclic) bond motifs is 1. The van der Waals surface area contributed by atoms with Gasteiger partial charge in [0.2, 0.25) is 0 Å². The van der Waals surface area contributed by atoms with Gasteiger partial charge in [0, 0.05) is 4.91 Å². The monoisotopic (exact) mass is 243 g/mol. The molecule has 2 fully saturated rings. The Balaban J connectivity index is 2.18. The third-order valence-corrected chi connectivity index (χ3v) is 3.04. The number of ether oxygens (including phenoxy) is 3. The molecule has 0 bridgehead atoms. The average Bonchev–Trinajstić information content (AvgIpc) is 2.72. The van der Waals surface area contributed by atoms with Crippen LogP contribution >= 0.6 is 0 Å². The van der Waals surface area contributed by atoms with E-state index in [2.05, 4.69) is 10.0 Å². The van der Waals surface area contributed by atoms with Gasteiger partial charge >= 0.3 is 0 Å². The number of azide groups is 1. The Morgan fingerprint density at radius 2 is 2.18 bits per heavy atom. The van der Waals surface area contributed by atoms with Gasteiger partial charge in [-0.1, -0.05) is 12.0 Å². The fourth-order valence-electron chi connectivity index (χ4n) is 2.26. The molecule has 1 N–H and O–H groups in total. The Morgan fingerprint density at radius 1 is 1.47 bits per heavy atom. The molecule has 0 saturated carbocycles. The van der Waals surface area contributed by atoms with Gasteiger partial charge in [0.1, 0.15) is 6.10 Å². The summed E-state index contributed by atoms with van der Waals surface area (Å²) in [5.74, 6) is -0.749. The SMILES string of the molecule is CC[C@@H](O)[C@@H]1O[C@@H]2OC(C)(C)O[C@@H]2[C@@H]1N=[N+]=[N-]. The summed E-state index contributed by atoms with van der Waals surface area (Å²) >= 11 is 0. The molecule has 0 aromatic carbocycles. The largest absolute Gasteiger partial charge is 0.390 e. The molecule has 7 heteroatoms. The second-order valence-electron chi connectivity index (χ2n) is 4.74. The lowest BCUT2D eigenvalue weighted by molar-refractivity contribution is -0.215. The van der Waals surface area contributed by atoms with E-state index < -0.39 is 36.4 Å². The maximum Gasteiger partial charge on any atom is 0.188 e. The summed E-state index contributed by atoms with van der Waals surface area (Å²) in [6.07, 6.45) is -1.77. The standard InChI is InChI=1S/C10H17N3O4/c1-4-5(14)7-6(12-13-11)8-9(15-7)17-10(2,3)16-8/h5-9,14H,4H2,1-3H3/t5-,6-,7+,8-,9-/m1/s1. The van der Waals surface area contributed by atoms with E-state index >= 15 is 0 Å². The molecule has 0 unspecified atom stereocenters. The van der Waals surface area contributed by atoms with Crippen molar-refractivity contribution in [1.29, 1.82) is 0 Å². The molecule has 2 heterocycles. The zero-order chi connectivity index (χ0) is 12.6. The lowest BCUT2D eigenvalue weighted by atomic mass is 10.0. The summed E-state index contributed by atoms with van der Waals surface area (Å²) in [7, 11) is 0. The topological polar surface area (TPSA) is 96.7 Å². The predicted octanol–water partition coefficient (Wildman–Crippen LogP) is 1.31. The number of aliphatic hydroxyl groups is 1. The van der Waals surface area contributed by atoms with E-state index in [0.29, 0.717) is 6.42 Å². The smallest absolute Gasteiger partial charge is 0.188 e. The summed E-state index contributed by atoms with van der Waals surface area (Å²) in [5.41, 5.74) is 8.57. The van der Waals surface area contributed by atoms with E-state index in [4.69, 9.17) is 19.7 Å². The predicted molar refractivity (Wildman–Crippen MR) is 57.9 cm³/mol. The fourth-order valence-corrected chi connectivity index (χ4v) is 2.26. The van der Waals surface area contributed by atoms with Crippen LogP contribution in [0, 0.1) is 0 Å². The summed E-state index contributed by atoms with van der Waals surface area (Å²) in [6.45, 7) is 5.38. The van der Waals surface area contributed by atoms with E-state index in [-0.39, 0.29) is 0 Å². The molecule has 7 nitrogen and oxygen atoms in total. The average molecular weight is 243 g/mol. The second-order valence-corrected chi connectivity index (χ2v) is 4.74. The van der Waals surface area contributed by atoms with Crippen molar-refractivity contribution in [3.05, 3.63) is 10.4 Å². The van der Waals surface area contributed by atoms with Gasteiger partial charge in [0.15, 0.2) is 12.1 Å². The third-order valence-electron chi connectivity index (χ3n) is 3.04. The van der Waals surface area contributed by atoms with Crippen molar-refractivity contribution in [3.8, 4) is 0 Å². The summed E-state index contributed by atoms with van der Waals surface area (Å²) in [4.78, 5) is 2.79. The van der Waals surface area contributed by atoms with Crippen molar-refractivity contribution in [2.24, 2.45) is 5.11 Å². The minimum absolute atomic E-state index is 0.452. The summed E-state index contributed by atoms with van der Waals surface area (Å²) < 4.78 is 16.8. The number of hydrogen-bond acceptors (Lipinski definition) is 5. The first-order valence-corrected chi connectivity index (χ1v) is 5.72. The molecular weight excluding hydrogens is 226 g/mol. The van der Waals surface area contributed by atoms with Gasteiger partial charge in [0.05, 0.1) is 18.2 Å². The molecule has 2 aliphatic rings. The van der Waals surface area contributed by atoms with Crippen LogP contribution in [0.3, 0.4) is 0 Å². The molecule has 96 valence electrons. The Labute approximate surface area is 99.3 Å². The Kier molecular flexibility index (Phi) is 3.29. The van der Waals surface area contributed by atoms with Crippen molar-refractivity contribution in [1.82, 2.24) is 0 Å². The Bertz CT molecular complexity index is 342. The molecule has 2 rings (SSSR count). The molecule has 5 atom stereocenters. The van der Waals surface area contributed by atoms with E-state index in [1.807, 2.05) is 6.92 Å². The van der Waals surface area contributed by atoms with Crippen LogP contribution < -0.4 is 0 Å². The van der Waals surface area contributed by atoms with Crippen molar-refractivity contribution in [2.45, 2.75) is 63.6 Å². The first-order valence-electron chi connectivity index (χ1n) is 5.72. The minimum Gasteiger partial charge on any atom is -0.390 e. The number of aliphatic hydroxyl groups excluding tert-OH is 1. The quantitative estimate of drug-likeness (QED) is 0.459. The van der Waals surface area contributed by atoms with Gasteiger partial charge < -0.3 is 19.3 Å². The van der Waals surface area contributed by atoms with Gasteiger partial charge in [-0.15, -0.1) is 0 Å². The number of hydrogen-bond donors (Lipinski definition) is 1. The van der Waals surface area contributed by atoms with Gasteiger partial charge in [-0.05, 0) is 25.8 Å². The molecule has 0 aromatic heterocycles. The molecule has 0 aromatic rings. The molecule has 2 aliphatic heterocycles. The maximum absolute atomic E-state index is 9.82. The van der Waals surface area contributed by atoms with Crippen LogP contribution in [0.15, 0.2) is 5.11 Å².